The molecule has 0 saturated carbocycles. The fraction of sp³-hybridized carbons (Fsp3) is 0.480. The van der Waals surface area contributed by atoms with E-state index in [-0.39, 0.29) is 18.1 Å². The molecule has 3 rings (SSSR count). The van der Waals surface area contributed by atoms with Gasteiger partial charge in [0.1, 0.15) is 11.7 Å². The Labute approximate surface area is 199 Å². The van der Waals surface area contributed by atoms with Gasteiger partial charge in [0.2, 0.25) is 0 Å². The largest absolute Gasteiger partial charge is 0.496 e. The molecule has 9 heteroatoms. The highest BCUT2D eigenvalue weighted by atomic mass is 16.5. The average molecular weight is 474 g/mol. The molecular formula is C25H31NO8. The van der Waals surface area contributed by atoms with Gasteiger partial charge in [-0.1, -0.05) is 6.92 Å². The Kier molecular flexibility index (Phi) is 7.54. The van der Waals surface area contributed by atoms with Crippen LogP contribution in [0.2, 0.25) is 0 Å². The molecule has 1 aromatic rings. The molecule has 1 N–H and O–H groups in total. The number of carbonyl (C=O) groups excluding carboxylic acids is 3. The van der Waals surface area contributed by atoms with E-state index in [1.54, 1.807) is 26.0 Å². The predicted molar refractivity (Wildman–Crippen MR) is 123 cm³/mol. The number of dihydropyridines is 1. The maximum Gasteiger partial charge on any atom is 0.336 e. The van der Waals surface area contributed by atoms with Crippen molar-refractivity contribution in [2.75, 3.05) is 35.0 Å². The lowest BCUT2D eigenvalue weighted by Crippen LogP contribution is -2.43. The Bertz CT molecular complexity index is 1070. The summed E-state index contributed by atoms with van der Waals surface area (Å²) in [6, 6.07) is 3.32. The number of benzene rings is 1. The molecule has 1 aromatic carbocycles. The third kappa shape index (κ3) is 4.22. The Hall–Kier alpha value is -3.49. The number of rotatable bonds is 7. The van der Waals surface area contributed by atoms with Gasteiger partial charge < -0.3 is 29.0 Å². The van der Waals surface area contributed by atoms with Crippen LogP contribution in [0.3, 0.4) is 0 Å². The number of hydrogen-bond donors (Lipinski definition) is 1. The Morgan fingerprint density at radius 1 is 1.03 bits per heavy atom. The summed E-state index contributed by atoms with van der Waals surface area (Å²) in [7, 11) is 5.75. The average Bonchev–Trinajstić information content (AvgIpc) is 2.81. The first-order valence-corrected chi connectivity index (χ1v) is 11.0. The Morgan fingerprint density at radius 3 is 2.21 bits per heavy atom. The van der Waals surface area contributed by atoms with Crippen LogP contribution in [-0.4, -0.2) is 52.8 Å². The topological polar surface area (TPSA) is 109 Å². The van der Waals surface area contributed by atoms with Gasteiger partial charge >= 0.3 is 11.9 Å². The number of hydrogen-bond acceptors (Lipinski definition) is 9. The monoisotopic (exact) mass is 473 g/mol. The van der Waals surface area contributed by atoms with E-state index in [2.05, 4.69) is 5.32 Å². The minimum Gasteiger partial charge on any atom is -0.496 e. The SMILES string of the molecule is CCOC(=O)C1=C(C)NC2=C(C(=O)[C@@H](C(=O)OC)[C@@H](C)C2)[C@@H]1c1cc(OC)c(OC)cc1OC. The van der Waals surface area contributed by atoms with Crippen molar-refractivity contribution >= 4 is 17.7 Å². The first-order chi connectivity index (χ1) is 16.2. The number of methoxy groups -OCH3 is 4. The van der Waals surface area contributed by atoms with E-state index in [1.165, 1.54) is 28.4 Å². The van der Waals surface area contributed by atoms with Gasteiger partial charge in [-0.2, -0.15) is 0 Å². The third-order valence-corrected chi connectivity index (χ3v) is 6.29. The number of allylic oxidation sites excluding steroid dienone is 3. The first kappa shape index (κ1) is 25.1. The molecule has 0 unspecified atom stereocenters. The fourth-order valence-corrected chi connectivity index (χ4v) is 4.75. The van der Waals surface area contributed by atoms with Gasteiger partial charge in [-0.25, -0.2) is 4.79 Å². The molecule has 0 aromatic heterocycles. The molecule has 0 fully saturated rings. The van der Waals surface area contributed by atoms with Crippen molar-refractivity contribution in [3.8, 4) is 17.2 Å². The highest BCUT2D eigenvalue weighted by Gasteiger charge is 2.48. The normalized spacial score (nSPS) is 22.0. The van der Waals surface area contributed by atoms with E-state index in [4.69, 9.17) is 23.7 Å². The summed E-state index contributed by atoms with van der Waals surface area (Å²) in [5.41, 5.74) is 2.31. The highest BCUT2D eigenvalue weighted by molar-refractivity contribution is 6.12. The molecule has 3 atom stereocenters. The number of carbonyl (C=O) groups is 3. The molecule has 0 saturated heterocycles. The van der Waals surface area contributed by atoms with Crippen LogP contribution in [0, 0.1) is 11.8 Å². The Morgan fingerprint density at radius 2 is 1.65 bits per heavy atom. The number of ether oxygens (including phenoxy) is 5. The highest BCUT2D eigenvalue weighted by Crippen LogP contribution is 2.49. The molecule has 1 heterocycles. The summed E-state index contributed by atoms with van der Waals surface area (Å²) in [6.07, 6.45) is 0.431. The van der Waals surface area contributed by atoms with Gasteiger partial charge in [0.15, 0.2) is 17.3 Å². The Balaban J connectivity index is 2.32. The molecule has 184 valence electrons. The molecule has 1 aliphatic carbocycles. The van der Waals surface area contributed by atoms with E-state index in [0.29, 0.717) is 46.2 Å². The molecule has 34 heavy (non-hydrogen) atoms. The molecule has 9 nitrogen and oxygen atoms in total. The number of Topliss-reactive ketones (excluding diaryl/α,β-unsaturated/α-hetero) is 1. The zero-order valence-electron chi connectivity index (χ0n) is 20.6. The van der Waals surface area contributed by atoms with Crippen molar-refractivity contribution < 1.29 is 38.1 Å². The van der Waals surface area contributed by atoms with Gasteiger partial charge in [0.05, 0.1) is 46.5 Å². The number of nitrogens with one attached hydrogen (secondary N) is 1. The van der Waals surface area contributed by atoms with E-state index >= 15 is 0 Å². The summed E-state index contributed by atoms with van der Waals surface area (Å²) in [5.74, 6) is -2.46. The minimum atomic E-state index is -0.985. The predicted octanol–water partition coefficient (Wildman–Crippen LogP) is 2.89. The van der Waals surface area contributed by atoms with Crippen LogP contribution in [0.15, 0.2) is 34.7 Å². The summed E-state index contributed by atoms with van der Waals surface area (Å²) in [4.78, 5) is 39.5. The zero-order chi connectivity index (χ0) is 25.2. The lowest BCUT2D eigenvalue weighted by Gasteiger charge is -2.38. The van der Waals surface area contributed by atoms with E-state index in [0.717, 1.165) is 0 Å². The molecule has 0 radical (unpaired) electrons. The third-order valence-electron chi connectivity index (χ3n) is 6.29. The van der Waals surface area contributed by atoms with Gasteiger partial charge in [-0.05, 0) is 32.3 Å². The second kappa shape index (κ2) is 10.2. The van der Waals surface area contributed by atoms with Crippen LogP contribution in [0.4, 0.5) is 0 Å². The van der Waals surface area contributed by atoms with Gasteiger partial charge in [-0.15, -0.1) is 0 Å². The van der Waals surface area contributed by atoms with E-state index < -0.39 is 29.6 Å². The summed E-state index contributed by atoms with van der Waals surface area (Å²) in [5, 5.41) is 3.22. The molecule has 2 aliphatic rings. The fourth-order valence-electron chi connectivity index (χ4n) is 4.75. The smallest absolute Gasteiger partial charge is 0.336 e. The summed E-state index contributed by atoms with van der Waals surface area (Å²) < 4.78 is 26.8. The van der Waals surface area contributed by atoms with Crippen LogP contribution in [-0.2, 0) is 23.9 Å². The van der Waals surface area contributed by atoms with Crippen LogP contribution in [0.5, 0.6) is 17.2 Å². The quantitative estimate of drug-likeness (QED) is 0.472. The maximum atomic E-state index is 13.8. The van der Waals surface area contributed by atoms with Gasteiger partial charge in [0.25, 0.3) is 0 Å². The standard InChI is InChI=1S/C25H31NO8/c1-8-34-25(29)20-13(3)26-15-9-12(2)19(24(28)33-7)23(27)22(15)21(20)14-10-17(31-5)18(32-6)11-16(14)30-4/h10-12,19,21,26H,8-9H2,1-7H3/t12-,19-,21+/m0/s1. The summed E-state index contributed by atoms with van der Waals surface area (Å²) >= 11 is 0. The van der Waals surface area contributed by atoms with Crippen LogP contribution in [0.1, 0.15) is 38.7 Å². The minimum absolute atomic E-state index is 0.160. The molecule has 0 bridgehead atoms. The number of esters is 2. The van der Waals surface area contributed by atoms with E-state index in [1.807, 2.05) is 6.92 Å². The lowest BCUT2D eigenvalue weighted by atomic mass is 9.69. The van der Waals surface area contributed by atoms with Crippen molar-refractivity contribution in [3.63, 3.8) is 0 Å². The van der Waals surface area contributed by atoms with Crippen molar-refractivity contribution in [2.24, 2.45) is 11.8 Å². The second-order valence-corrected chi connectivity index (χ2v) is 8.21. The van der Waals surface area contributed by atoms with Gasteiger partial charge in [-0.3, -0.25) is 9.59 Å². The van der Waals surface area contributed by atoms with Crippen molar-refractivity contribution in [1.29, 1.82) is 0 Å². The maximum absolute atomic E-state index is 13.8. The van der Waals surface area contributed by atoms with Gasteiger partial charge in [0, 0.05) is 28.6 Å². The lowest BCUT2D eigenvalue weighted by molar-refractivity contribution is -0.151. The van der Waals surface area contributed by atoms with E-state index in [9.17, 15) is 14.4 Å². The molecule has 0 spiro atoms. The second-order valence-electron chi connectivity index (χ2n) is 8.21. The molecule has 1 aliphatic heterocycles. The van der Waals surface area contributed by atoms with Crippen LogP contribution in [0.25, 0.3) is 0 Å². The van der Waals surface area contributed by atoms with Crippen molar-refractivity contribution in [1.82, 2.24) is 5.32 Å². The first-order valence-electron chi connectivity index (χ1n) is 11.0. The van der Waals surface area contributed by atoms with Crippen molar-refractivity contribution in [2.45, 2.75) is 33.1 Å². The molecule has 0 amide bonds. The van der Waals surface area contributed by atoms with Crippen molar-refractivity contribution in [3.05, 3.63) is 40.2 Å². The summed E-state index contributed by atoms with van der Waals surface area (Å²) in [6.45, 7) is 5.46. The van der Waals surface area contributed by atoms with Crippen LogP contribution >= 0.6 is 0 Å². The molecular weight excluding hydrogens is 442 g/mol. The van der Waals surface area contributed by atoms with Crippen LogP contribution < -0.4 is 19.5 Å². The number of ketones is 1. The zero-order valence-corrected chi connectivity index (χ0v) is 20.6.